The number of nitrogens with one attached hydrogen (secondary N) is 1. The summed E-state index contributed by atoms with van der Waals surface area (Å²) in [5.74, 6) is -4.03. The number of hydrogen-bond donors (Lipinski definition) is 1. The molecule has 2 aromatic carbocycles. The largest absolute Gasteiger partial charge is 0.479 e. The van der Waals surface area contributed by atoms with Gasteiger partial charge in [-0.05, 0) is 55.5 Å². The first-order valence-electron chi connectivity index (χ1n) is 7.77. The van der Waals surface area contributed by atoms with Gasteiger partial charge in [-0.15, -0.1) is 0 Å². The van der Waals surface area contributed by atoms with E-state index in [1.165, 1.54) is 55.5 Å². The number of halogens is 3. The summed E-state index contributed by atoms with van der Waals surface area (Å²) in [6, 6.07) is 10.9. The van der Waals surface area contributed by atoms with E-state index in [2.05, 4.69) is 5.32 Å². The van der Waals surface area contributed by atoms with Crippen LogP contribution >= 0.6 is 11.8 Å². The lowest BCUT2D eigenvalue weighted by Gasteiger charge is -2.14. The van der Waals surface area contributed by atoms with E-state index in [1.807, 2.05) is 0 Å². The van der Waals surface area contributed by atoms with Crippen molar-refractivity contribution in [3.63, 3.8) is 0 Å². The first-order valence-corrected chi connectivity index (χ1v) is 8.65. The van der Waals surface area contributed by atoms with Crippen molar-refractivity contribution in [3.8, 4) is 5.75 Å². The molecule has 0 saturated carbocycles. The maximum Gasteiger partial charge on any atom is 0.347 e. The predicted octanol–water partition coefficient (Wildman–Crippen LogP) is 4.09. The van der Waals surface area contributed by atoms with Crippen LogP contribution in [-0.2, 0) is 14.3 Å². The molecule has 1 N–H and O–H groups in total. The maximum atomic E-state index is 12.8. The zero-order chi connectivity index (χ0) is 19.8. The first kappa shape index (κ1) is 20.6. The van der Waals surface area contributed by atoms with E-state index in [1.54, 1.807) is 0 Å². The summed E-state index contributed by atoms with van der Waals surface area (Å²) in [6.45, 7) is 0.895. The van der Waals surface area contributed by atoms with Crippen molar-refractivity contribution >= 4 is 29.3 Å². The van der Waals surface area contributed by atoms with Crippen molar-refractivity contribution in [1.82, 2.24) is 0 Å². The van der Waals surface area contributed by atoms with Gasteiger partial charge in [0, 0.05) is 10.6 Å². The van der Waals surface area contributed by atoms with Crippen LogP contribution in [0.1, 0.15) is 6.92 Å². The minimum atomic E-state index is -2.52. The second-order valence-corrected chi connectivity index (χ2v) is 6.34. The van der Waals surface area contributed by atoms with Crippen molar-refractivity contribution in [1.29, 1.82) is 0 Å². The highest BCUT2D eigenvalue weighted by Gasteiger charge is 2.18. The third-order valence-corrected chi connectivity index (χ3v) is 3.89. The average molecular weight is 399 g/mol. The molecular weight excluding hydrogens is 383 g/mol. The molecule has 0 spiro atoms. The standard InChI is InChI=1S/C18H16F3NO4S/c1-11(26-14-6-2-12(19)3-7-14)17(24)25-10-16(23)22-13-4-8-15(9-5-13)27-18(20)21/h2-9,11,18H,10H2,1H3,(H,22,23)/t11-/m1/s1. The van der Waals surface area contributed by atoms with E-state index in [9.17, 15) is 22.8 Å². The molecule has 1 amide bonds. The van der Waals surface area contributed by atoms with E-state index < -0.39 is 36.2 Å². The fourth-order valence-corrected chi connectivity index (χ4v) is 2.44. The second-order valence-electron chi connectivity index (χ2n) is 5.27. The fourth-order valence-electron chi connectivity index (χ4n) is 1.94. The Morgan fingerprint density at radius 2 is 1.70 bits per heavy atom. The number of esters is 1. The highest BCUT2D eigenvalue weighted by molar-refractivity contribution is 7.99. The molecule has 2 aromatic rings. The van der Waals surface area contributed by atoms with Crippen LogP contribution in [0.5, 0.6) is 5.75 Å². The minimum Gasteiger partial charge on any atom is -0.479 e. The fraction of sp³-hybridized carbons (Fsp3) is 0.222. The Labute approximate surface area is 157 Å². The summed E-state index contributed by atoms with van der Waals surface area (Å²) in [5.41, 5.74) is 0.380. The van der Waals surface area contributed by atoms with E-state index in [-0.39, 0.29) is 5.75 Å². The number of thioether (sulfide) groups is 1. The molecule has 2 rings (SSSR count). The number of hydrogen-bond acceptors (Lipinski definition) is 5. The molecule has 0 aliphatic rings. The molecular formula is C18H16F3NO4S. The van der Waals surface area contributed by atoms with Crippen molar-refractivity contribution < 1.29 is 32.2 Å². The van der Waals surface area contributed by atoms with Crippen LogP contribution in [0.3, 0.4) is 0 Å². The lowest BCUT2D eigenvalue weighted by molar-refractivity contribution is -0.153. The number of anilines is 1. The van der Waals surface area contributed by atoms with Crippen LogP contribution in [-0.4, -0.2) is 30.3 Å². The van der Waals surface area contributed by atoms with E-state index in [0.717, 1.165) is 0 Å². The summed E-state index contributed by atoms with van der Waals surface area (Å²) in [7, 11) is 0. The number of benzene rings is 2. The van der Waals surface area contributed by atoms with Gasteiger partial charge in [0.1, 0.15) is 11.6 Å². The van der Waals surface area contributed by atoms with Crippen LogP contribution in [0.15, 0.2) is 53.4 Å². The summed E-state index contributed by atoms with van der Waals surface area (Å²) < 4.78 is 47.5. The number of amides is 1. The number of ether oxygens (including phenoxy) is 2. The normalized spacial score (nSPS) is 11.7. The van der Waals surface area contributed by atoms with Crippen LogP contribution in [0.2, 0.25) is 0 Å². The molecule has 0 aromatic heterocycles. The third-order valence-electron chi connectivity index (χ3n) is 3.17. The Morgan fingerprint density at radius 3 is 2.30 bits per heavy atom. The second kappa shape index (κ2) is 9.86. The molecule has 9 heteroatoms. The Balaban J connectivity index is 1.76. The molecule has 1 atom stereocenters. The number of carbonyl (C=O) groups is 2. The molecule has 0 saturated heterocycles. The first-order chi connectivity index (χ1) is 12.8. The maximum absolute atomic E-state index is 12.8. The zero-order valence-electron chi connectivity index (χ0n) is 14.2. The molecule has 5 nitrogen and oxygen atoms in total. The highest BCUT2D eigenvalue weighted by Crippen LogP contribution is 2.26. The van der Waals surface area contributed by atoms with E-state index in [4.69, 9.17) is 9.47 Å². The average Bonchev–Trinajstić information content (AvgIpc) is 2.62. The van der Waals surface area contributed by atoms with Crippen molar-refractivity contribution in [2.75, 3.05) is 11.9 Å². The number of carbonyl (C=O) groups excluding carboxylic acids is 2. The lowest BCUT2D eigenvalue weighted by Crippen LogP contribution is -2.29. The Kier molecular flexibility index (Phi) is 7.54. The topological polar surface area (TPSA) is 64.6 Å². The van der Waals surface area contributed by atoms with Gasteiger partial charge in [0.2, 0.25) is 0 Å². The van der Waals surface area contributed by atoms with Crippen LogP contribution in [0, 0.1) is 5.82 Å². The molecule has 0 fully saturated rings. The smallest absolute Gasteiger partial charge is 0.347 e. The lowest BCUT2D eigenvalue weighted by atomic mass is 10.3. The predicted molar refractivity (Wildman–Crippen MR) is 94.4 cm³/mol. The highest BCUT2D eigenvalue weighted by atomic mass is 32.2. The minimum absolute atomic E-state index is 0.284. The van der Waals surface area contributed by atoms with Crippen LogP contribution in [0.25, 0.3) is 0 Å². The van der Waals surface area contributed by atoms with Crippen molar-refractivity contribution in [3.05, 3.63) is 54.3 Å². The summed E-state index contributed by atoms with van der Waals surface area (Å²) in [6.07, 6.45) is -0.992. The number of alkyl halides is 2. The molecule has 0 unspecified atom stereocenters. The Bertz CT molecular complexity index is 769. The van der Waals surface area contributed by atoms with Crippen LogP contribution in [0.4, 0.5) is 18.9 Å². The monoisotopic (exact) mass is 399 g/mol. The molecule has 0 radical (unpaired) electrons. The van der Waals surface area contributed by atoms with Gasteiger partial charge in [-0.25, -0.2) is 9.18 Å². The Hall–Kier alpha value is -2.68. The Morgan fingerprint density at radius 1 is 1.07 bits per heavy atom. The summed E-state index contributed by atoms with van der Waals surface area (Å²) in [5, 5.41) is 2.48. The summed E-state index contributed by atoms with van der Waals surface area (Å²) >= 11 is 0.395. The van der Waals surface area contributed by atoms with Gasteiger partial charge in [0.15, 0.2) is 12.7 Å². The quantitative estimate of drug-likeness (QED) is 0.535. The third kappa shape index (κ3) is 7.22. The zero-order valence-corrected chi connectivity index (χ0v) is 15.0. The van der Waals surface area contributed by atoms with Gasteiger partial charge >= 0.3 is 5.97 Å². The van der Waals surface area contributed by atoms with E-state index >= 15 is 0 Å². The summed E-state index contributed by atoms with van der Waals surface area (Å²) in [4.78, 5) is 24.0. The molecule has 0 heterocycles. The van der Waals surface area contributed by atoms with E-state index in [0.29, 0.717) is 22.3 Å². The molecule has 27 heavy (non-hydrogen) atoms. The van der Waals surface area contributed by atoms with Gasteiger partial charge in [0.25, 0.3) is 11.7 Å². The van der Waals surface area contributed by atoms with Crippen molar-refractivity contribution in [2.24, 2.45) is 0 Å². The van der Waals surface area contributed by atoms with Crippen LogP contribution < -0.4 is 10.1 Å². The molecule has 0 bridgehead atoms. The molecule has 0 aliphatic carbocycles. The van der Waals surface area contributed by atoms with Crippen molar-refractivity contribution in [2.45, 2.75) is 23.7 Å². The van der Waals surface area contributed by atoms with Gasteiger partial charge in [-0.1, -0.05) is 11.8 Å². The van der Waals surface area contributed by atoms with Gasteiger partial charge in [0.05, 0.1) is 0 Å². The van der Waals surface area contributed by atoms with Gasteiger partial charge in [-0.3, -0.25) is 4.79 Å². The van der Waals surface area contributed by atoms with Gasteiger partial charge in [-0.2, -0.15) is 8.78 Å². The SMILES string of the molecule is C[C@@H](Oc1ccc(F)cc1)C(=O)OCC(=O)Nc1ccc(SC(F)F)cc1. The van der Waals surface area contributed by atoms with Gasteiger partial charge < -0.3 is 14.8 Å². The molecule has 0 aliphatic heterocycles. The molecule has 144 valence electrons. The number of rotatable bonds is 8.